The first-order chi connectivity index (χ1) is 7.75. The van der Waals surface area contributed by atoms with Crippen LogP contribution in [0.15, 0.2) is 18.2 Å². The van der Waals surface area contributed by atoms with E-state index >= 15 is 0 Å². The quantitative estimate of drug-likeness (QED) is 0.711. The van der Waals surface area contributed by atoms with Gasteiger partial charge in [-0.15, -0.1) is 0 Å². The maximum Gasteiger partial charge on any atom is 0.249 e. The van der Waals surface area contributed by atoms with Crippen molar-refractivity contribution in [2.45, 2.75) is 6.04 Å². The summed E-state index contributed by atoms with van der Waals surface area (Å²) in [6.45, 7) is 1.65. The number of carbonyl (C=O) groups excluding carboxylic acids is 1. The number of benzene rings is 1. The van der Waals surface area contributed by atoms with Crippen LogP contribution in [0.1, 0.15) is 0 Å². The number of nitrogens with one attached hydrogen (secondary N) is 1. The van der Waals surface area contributed by atoms with Crippen molar-refractivity contribution in [3.8, 4) is 0 Å². The number of nitrogens with zero attached hydrogens (tertiary/aromatic N) is 1. The molecule has 1 atom stereocenters. The second-order valence-electron chi connectivity index (χ2n) is 3.93. The lowest BCUT2D eigenvalue weighted by Crippen LogP contribution is -2.54. The lowest BCUT2D eigenvalue weighted by Gasteiger charge is -2.40. The van der Waals surface area contributed by atoms with Crippen molar-refractivity contribution in [1.82, 2.24) is 0 Å². The lowest BCUT2D eigenvalue weighted by molar-refractivity contribution is -0.119. The van der Waals surface area contributed by atoms with Crippen molar-refractivity contribution in [2.24, 2.45) is 0 Å². The van der Waals surface area contributed by atoms with Crippen LogP contribution >= 0.6 is 0 Å². The summed E-state index contributed by atoms with van der Waals surface area (Å²) in [6.07, 6.45) is 0. The van der Waals surface area contributed by atoms with Gasteiger partial charge in [0.2, 0.25) is 5.91 Å². The van der Waals surface area contributed by atoms with Gasteiger partial charge >= 0.3 is 0 Å². The number of ether oxygens (including phenoxy) is 1. The highest BCUT2D eigenvalue weighted by atomic mass is 19.1. The van der Waals surface area contributed by atoms with Crippen LogP contribution in [0.5, 0.6) is 0 Å². The molecule has 1 amide bonds. The predicted octanol–water partition coefficient (Wildman–Crippen LogP) is 0.983. The lowest BCUT2D eigenvalue weighted by atomic mass is 10.1. The van der Waals surface area contributed by atoms with E-state index in [9.17, 15) is 9.18 Å². The fourth-order valence-corrected chi connectivity index (χ4v) is 2.18. The SMILES string of the molecule is O=C1Nc2cc(F)ccc2N2CCOCC12. The largest absolute Gasteiger partial charge is 0.377 e. The Labute approximate surface area is 92.0 Å². The molecule has 3 rings (SSSR count). The van der Waals surface area contributed by atoms with Gasteiger partial charge in [0.15, 0.2) is 0 Å². The summed E-state index contributed by atoms with van der Waals surface area (Å²) in [7, 11) is 0. The molecule has 1 saturated heterocycles. The summed E-state index contributed by atoms with van der Waals surface area (Å²) in [6, 6.07) is 4.16. The number of carbonyl (C=O) groups is 1. The first-order valence-electron chi connectivity index (χ1n) is 5.20. The molecule has 1 aromatic carbocycles. The molecule has 0 spiro atoms. The molecular weight excluding hydrogens is 211 g/mol. The van der Waals surface area contributed by atoms with Gasteiger partial charge in [-0.05, 0) is 18.2 Å². The highest BCUT2D eigenvalue weighted by Gasteiger charge is 2.35. The summed E-state index contributed by atoms with van der Waals surface area (Å²) in [5, 5.41) is 2.70. The van der Waals surface area contributed by atoms with Crippen molar-refractivity contribution in [1.29, 1.82) is 0 Å². The molecule has 0 saturated carbocycles. The van der Waals surface area contributed by atoms with E-state index in [-0.39, 0.29) is 17.8 Å². The standard InChI is InChI=1S/C11H11FN2O2/c12-7-1-2-9-8(5-7)13-11(15)10-6-16-4-3-14(9)10/h1-2,5,10H,3-4,6H2,(H,13,15). The van der Waals surface area contributed by atoms with Crippen molar-refractivity contribution in [3.05, 3.63) is 24.0 Å². The van der Waals surface area contributed by atoms with E-state index in [2.05, 4.69) is 5.32 Å². The minimum absolute atomic E-state index is 0.127. The predicted molar refractivity (Wildman–Crippen MR) is 57.0 cm³/mol. The molecule has 0 aliphatic carbocycles. The minimum Gasteiger partial charge on any atom is -0.377 e. The first-order valence-corrected chi connectivity index (χ1v) is 5.20. The topological polar surface area (TPSA) is 41.6 Å². The number of hydrogen-bond donors (Lipinski definition) is 1. The van der Waals surface area contributed by atoms with Crippen molar-refractivity contribution < 1.29 is 13.9 Å². The van der Waals surface area contributed by atoms with Crippen LogP contribution in [0.2, 0.25) is 0 Å². The molecule has 16 heavy (non-hydrogen) atoms. The number of halogens is 1. The number of hydrogen-bond acceptors (Lipinski definition) is 3. The molecule has 0 aromatic heterocycles. The molecule has 2 heterocycles. The van der Waals surface area contributed by atoms with Crippen molar-refractivity contribution >= 4 is 17.3 Å². The molecule has 2 aliphatic rings. The van der Waals surface area contributed by atoms with Crippen molar-refractivity contribution in [3.63, 3.8) is 0 Å². The summed E-state index contributed by atoms with van der Waals surface area (Å²) in [5.41, 5.74) is 1.41. The molecule has 84 valence electrons. The van der Waals surface area contributed by atoms with E-state index in [1.54, 1.807) is 6.07 Å². The third-order valence-electron chi connectivity index (χ3n) is 2.96. The zero-order valence-electron chi connectivity index (χ0n) is 8.57. The fourth-order valence-electron chi connectivity index (χ4n) is 2.18. The second kappa shape index (κ2) is 3.45. The fraction of sp³-hybridized carbons (Fsp3) is 0.364. The van der Waals surface area contributed by atoms with E-state index in [1.165, 1.54) is 12.1 Å². The third-order valence-corrected chi connectivity index (χ3v) is 2.96. The Morgan fingerprint density at radius 1 is 1.50 bits per heavy atom. The molecule has 1 unspecified atom stereocenters. The molecule has 0 bridgehead atoms. The Bertz CT molecular complexity index is 450. The maximum atomic E-state index is 13.1. The first kappa shape index (κ1) is 9.59. The Morgan fingerprint density at radius 3 is 3.25 bits per heavy atom. The van der Waals surface area contributed by atoms with Gasteiger partial charge in [0.1, 0.15) is 11.9 Å². The molecule has 5 heteroatoms. The van der Waals surface area contributed by atoms with E-state index in [1.807, 2.05) is 4.90 Å². The van der Waals surface area contributed by atoms with Crippen LogP contribution in [0.3, 0.4) is 0 Å². The normalized spacial score (nSPS) is 23.4. The van der Waals surface area contributed by atoms with E-state index in [0.717, 1.165) is 5.69 Å². The Balaban J connectivity index is 2.06. The average molecular weight is 222 g/mol. The average Bonchev–Trinajstić information content (AvgIpc) is 2.29. The third kappa shape index (κ3) is 1.36. The Kier molecular flexibility index (Phi) is 2.07. The molecule has 1 N–H and O–H groups in total. The molecule has 1 aromatic rings. The van der Waals surface area contributed by atoms with Crippen LogP contribution in [0.25, 0.3) is 0 Å². The van der Waals surface area contributed by atoms with Gasteiger partial charge in [0, 0.05) is 6.54 Å². The van der Waals surface area contributed by atoms with E-state index < -0.39 is 0 Å². The smallest absolute Gasteiger partial charge is 0.249 e. The number of fused-ring (bicyclic) bond motifs is 3. The zero-order valence-corrected chi connectivity index (χ0v) is 8.57. The van der Waals surface area contributed by atoms with Crippen LogP contribution < -0.4 is 10.2 Å². The van der Waals surface area contributed by atoms with Gasteiger partial charge in [-0.1, -0.05) is 0 Å². The summed E-state index contributed by atoms with van der Waals surface area (Å²) >= 11 is 0. The zero-order chi connectivity index (χ0) is 11.1. The monoisotopic (exact) mass is 222 g/mol. The van der Waals surface area contributed by atoms with Gasteiger partial charge in [-0.2, -0.15) is 0 Å². The van der Waals surface area contributed by atoms with Gasteiger partial charge in [-0.3, -0.25) is 4.79 Å². The molecular formula is C11H11FN2O2. The number of morpholine rings is 1. The molecule has 1 fully saturated rings. The van der Waals surface area contributed by atoms with Crippen molar-refractivity contribution in [2.75, 3.05) is 30.0 Å². The highest BCUT2D eigenvalue weighted by Crippen LogP contribution is 2.33. The van der Waals surface area contributed by atoms with Crippen LogP contribution in [-0.2, 0) is 9.53 Å². The second-order valence-corrected chi connectivity index (χ2v) is 3.93. The Morgan fingerprint density at radius 2 is 2.38 bits per heavy atom. The van der Waals surface area contributed by atoms with E-state index in [4.69, 9.17) is 4.74 Å². The van der Waals surface area contributed by atoms with Gasteiger partial charge in [0.05, 0.1) is 24.6 Å². The van der Waals surface area contributed by atoms with Gasteiger partial charge in [-0.25, -0.2) is 4.39 Å². The molecule has 0 radical (unpaired) electrons. The number of amides is 1. The highest BCUT2D eigenvalue weighted by molar-refractivity contribution is 6.03. The van der Waals surface area contributed by atoms with Crippen LogP contribution in [0.4, 0.5) is 15.8 Å². The van der Waals surface area contributed by atoms with Crippen LogP contribution in [-0.4, -0.2) is 31.7 Å². The maximum absolute atomic E-state index is 13.1. The minimum atomic E-state index is -0.342. The molecule has 4 nitrogen and oxygen atoms in total. The Hall–Kier alpha value is -1.62. The van der Waals surface area contributed by atoms with E-state index in [0.29, 0.717) is 25.4 Å². The van der Waals surface area contributed by atoms with Gasteiger partial charge in [0.25, 0.3) is 0 Å². The molecule has 2 aliphatic heterocycles. The van der Waals surface area contributed by atoms with Crippen LogP contribution in [0, 0.1) is 5.82 Å². The number of rotatable bonds is 0. The number of anilines is 2. The summed E-state index contributed by atoms with van der Waals surface area (Å²) in [4.78, 5) is 13.7. The van der Waals surface area contributed by atoms with Gasteiger partial charge < -0.3 is 15.0 Å². The summed E-state index contributed by atoms with van der Waals surface area (Å²) in [5.74, 6) is -0.469. The summed E-state index contributed by atoms with van der Waals surface area (Å²) < 4.78 is 18.3.